The van der Waals surface area contributed by atoms with E-state index < -0.39 is 0 Å². The van der Waals surface area contributed by atoms with Gasteiger partial charge in [-0.2, -0.15) is 5.26 Å². The smallest absolute Gasteiger partial charge is 0.0587 e. The lowest BCUT2D eigenvalue weighted by molar-refractivity contribution is 0.399. The summed E-state index contributed by atoms with van der Waals surface area (Å²) in [5.74, 6) is 0. The van der Waals surface area contributed by atoms with E-state index >= 15 is 0 Å². The van der Waals surface area contributed by atoms with Crippen molar-refractivity contribution in [2.24, 2.45) is 0 Å². The van der Waals surface area contributed by atoms with Gasteiger partial charge in [0.05, 0.1) is 6.07 Å². The molecule has 0 fully saturated rings. The van der Waals surface area contributed by atoms with Gasteiger partial charge < -0.3 is 15.9 Å². The molecule has 0 aromatic heterocycles. The van der Waals surface area contributed by atoms with Crippen molar-refractivity contribution in [3.63, 3.8) is 0 Å². The zero-order valence-electron chi connectivity index (χ0n) is 9.55. The highest BCUT2D eigenvalue weighted by atomic mass is 16.2. The zero-order valence-corrected chi connectivity index (χ0v) is 9.55. The molecular formula is C9H24N2O2. The van der Waals surface area contributed by atoms with E-state index in [0.29, 0.717) is 12.1 Å². The molecule has 4 heteroatoms. The van der Waals surface area contributed by atoms with Crippen LogP contribution in [0, 0.1) is 11.3 Å². The van der Waals surface area contributed by atoms with Crippen LogP contribution in [0.1, 0.15) is 34.6 Å². The molecule has 0 radical (unpaired) electrons. The quantitative estimate of drug-likeness (QED) is 0.675. The lowest BCUT2D eigenvalue weighted by atomic mass is 10.3. The van der Waals surface area contributed by atoms with E-state index in [-0.39, 0.29) is 5.48 Å². The fraction of sp³-hybridized carbons (Fsp3) is 0.889. The SMILES string of the molecule is CC#N.CC(C)NC(C)C.CO.O. The van der Waals surface area contributed by atoms with E-state index in [2.05, 4.69) is 33.0 Å². The first-order chi connectivity index (χ1) is 5.54. The Morgan fingerprint density at radius 3 is 1.23 bits per heavy atom. The lowest BCUT2D eigenvalue weighted by Crippen LogP contribution is -2.29. The highest BCUT2D eigenvalue weighted by Crippen LogP contribution is 1.80. The number of nitriles is 1. The van der Waals surface area contributed by atoms with Gasteiger partial charge in [0.25, 0.3) is 0 Å². The summed E-state index contributed by atoms with van der Waals surface area (Å²) in [7, 11) is 1.00. The van der Waals surface area contributed by atoms with E-state index in [4.69, 9.17) is 10.4 Å². The summed E-state index contributed by atoms with van der Waals surface area (Å²) in [6.45, 7) is 10.0. The lowest BCUT2D eigenvalue weighted by Gasteiger charge is -2.10. The van der Waals surface area contributed by atoms with Crippen molar-refractivity contribution in [3.05, 3.63) is 0 Å². The van der Waals surface area contributed by atoms with Crippen LogP contribution in [0.2, 0.25) is 0 Å². The second-order valence-corrected chi connectivity index (χ2v) is 2.70. The Hall–Kier alpha value is -0.630. The summed E-state index contributed by atoms with van der Waals surface area (Å²) >= 11 is 0. The molecule has 0 unspecified atom stereocenters. The monoisotopic (exact) mass is 192 g/mol. The molecule has 4 N–H and O–H groups in total. The molecule has 0 aromatic rings. The number of rotatable bonds is 2. The molecule has 0 spiro atoms. The van der Waals surface area contributed by atoms with Crippen LogP contribution in [0.3, 0.4) is 0 Å². The number of nitrogens with one attached hydrogen (secondary N) is 1. The highest BCUT2D eigenvalue weighted by Gasteiger charge is 1.92. The van der Waals surface area contributed by atoms with Gasteiger partial charge in [-0.1, -0.05) is 27.7 Å². The maximum absolute atomic E-state index is 7.32. The second-order valence-electron chi connectivity index (χ2n) is 2.70. The van der Waals surface area contributed by atoms with Crippen LogP contribution in [0.4, 0.5) is 0 Å². The van der Waals surface area contributed by atoms with E-state index in [9.17, 15) is 0 Å². The van der Waals surface area contributed by atoms with E-state index in [1.54, 1.807) is 6.07 Å². The van der Waals surface area contributed by atoms with Gasteiger partial charge in [0, 0.05) is 26.1 Å². The van der Waals surface area contributed by atoms with E-state index in [0.717, 1.165) is 7.11 Å². The van der Waals surface area contributed by atoms with Crippen molar-refractivity contribution < 1.29 is 10.6 Å². The summed E-state index contributed by atoms with van der Waals surface area (Å²) in [5, 5.41) is 17.6. The predicted molar refractivity (Wildman–Crippen MR) is 56.5 cm³/mol. The van der Waals surface area contributed by atoms with Crippen molar-refractivity contribution in [2.75, 3.05) is 7.11 Å². The fourth-order valence-electron chi connectivity index (χ4n) is 0.667. The van der Waals surface area contributed by atoms with Crippen LogP contribution in [-0.2, 0) is 0 Å². The van der Waals surface area contributed by atoms with Crippen molar-refractivity contribution >= 4 is 0 Å². The van der Waals surface area contributed by atoms with Crippen LogP contribution < -0.4 is 5.32 Å². The highest BCUT2D eigenvalue weighted by molar-refractivity contribution is 4.55. The van der Waals surface area contributed by atoms with Crippen LogP contribution in [0.25, 0.3) is 0 Å². The summed E-state index contributed by atoms with van der Waals surface area (Å²) in [5.41, 5.74) is 0. The molecule has 0 bridgehead atoms. The molecule has 0 amide bonds. The van der Waals surface area contributed by atoms with Crippen LogP contribution in [0.5, 0.6) is 0 Å². The normalized spacial score (nSPS) is 7.08. The Kier molecular flexibility index (Phi) is 39.5. The molecule has 0 aliphatic heterocycles. The van der Waals surface area contributed by atoms with E-state index in [1.165, 1.54) is 6.92 Å². The number of hydrogen-bond donors (Lipinski definition) is 2. The minimum atomic E-state index is 0. The van der Waals surface area contributed by atoms with Crippen molar-refractivity contribution in [3.8, 4) is 6.07 Å². The van der Waals surface area contributed by atoms with Gasteiger partial charge >= 0.3 is 0 Å². The molecule has 0 saturated heterocycles. The van der Waals surface area contributed by atoms with Gasteiger partial charge in [-0.15, -0.1) is 0 Å². The Morgan fingerprint density at radius 2 is 1.23 bits per heavy atom. The summed E-state index contributed by atoms with van der Waals surface area (Å²) in [6.07, 6.45) is 0. The Morgan fingerprint density at radius 1 is 1.08 bits per heavy atom. The molecule has 0 heterocycles. The van der Waals surface area contributed by atoms with Gasteiger partial charge in [0.15, 0.2) is 0 Å². The molecule has 0 saturated carbocycles. The van der Waals surface area contributed by atoms with Crippen molar-refractivity contribution in [2.45, 2.75) is 46.7 Å². The van der Waals surface area contributed by atoms with Crippen molar-refractivity contribution in [1.82, 2.24) is 5.32 Å². The van der Waals surface area contributed by atoms with Crippen molar-refractivity contribution in [1.29, 1.82) is 5.26 Å². The Labute approximate surface area is 81.9 Å². The average molecular weight is 192 g/mol. The van der Waals surface area contributed by atoms with Gasteiger partial charge in [-0.3, -0.25) is 0 Å². The van der Waals surface area contributed by atoms with Gasteiger partial charge in [0.1, 0.15) is 0 Å². The third-order valence-corrected chi connectivity index (χ3v) is 0.667. The first-order valence-corrected chi connectivity index (χ1v) is 4.06. The second kappa shape index (κ2) is 22.5. The number of nitrogens with zero attached hydrogens (tertiary/aromatic N) is 1. The zero-order chi connectivity index (χ0) is 10.6. The summed E-state index contributed by atoms with van der Waals surface area (Å²) in [6, 6.07) is 3.00. The molecular weight excluding hydrogens is 168 g/mol. The molecule has 0 aliphatic rings. The molecule has 0 aromatic carbocycles. The maximum atomic E-state index is 7.32. The maximum Gasteiger partial charge on any atom is 0.0587 e. The van der Waals surface area contributed by atoms with E-state index in [1.807, 2.05) is 0 Å². The third kappa shape index (κ3) is 87.9. The fourth-order valence-corrected chi connectivity index (χ4v) is 0.667. The number of aliphatic hydroxyl groups excluding tert-OH is 1. The largest absolute Gasteiger partial charge is 0.412 e. The predicted octanol–water partition coefficient (Wildman–Crippen LogP) is 0.706. The Bertz CT molecular complexity index is 92.3. The minimum absolute atomic E-state index is 0. The van der Waals surface area contributed by atoms with Gasteiger partial charge in [-0.05, 0) is 0 Å². The molecule has 0 atom stereocenters. The molecule has 13 heavy (non-hydrogen) atoms. The first kappa shape index (κ1) is 22.8. The van der Waals surface area contributed by atoms with Gasteiger partial charge in [-0.25, -0.2) is 0 Å². The van der Waals surface area contributed by atoms with Crippen LogP contribution >= 0.6 is 0 Å². The minimum Gasteiger partial charge on any atom is -0.412 e. The van der Waals surface area contributed by atoms with Crippen LogP contribution in [-0.4, -0.2) is 29.8 Å². The standard InChI is InChI=1S/C6H15N.C2H3N.CH4O.H2O/c1-5(2)7-6(3)4;1-2-3;1-2;/h5-7H,1-4H3;1H3;2H,1H3;1H2. The first-order valence-electron chi connectivity index (χ1n) is 4.06. The van der Waals surface area contributed by atoms with Gasteiger partial charge in [0.2, 0.25) is 0 Å². The molecule has 82 valence electrons. The average Bonchev–Trinajstić information content (AvgIpc) is 1.90. The molecule has 0 rings (SSSR count). The summed E-state index contributed by atoms with van der Waals surface area (Å²) in [4.78, 5) is 0. The number of aliphatic hydroxyl groups is 1. The number of hydrogen-bond acceptors (Lipinski definition) is 3. The van der Waals surface area contributed by atoms with Crippen LogP contribution in [0.15, 0.2) is 0 Å². The summed E-state index contributed by atoms with van der Waals surface area (Å²) < 4.78 is 0. The Balaban J connectivity index is -0.0000000581. The molecule has 4 nitrogen and oxygen atoms in total. The molecule has 0 aliphatic carbocycles. The topological polar surface area (TPSA) is 87.5 Å². The third-order valence-electron chi connectivity index (χ3n) is 0.667.